The van der Waals surface area contributed by atoms with Crippen molar-refractivity contribution in [3.8, 4) is 11.4 Å². The van der Waals surface area contributed by atoms with Crippen molar-refractivity contribution in [2.75, 3.05) is 57.3 Å². The number of ketones is 1. The molecule has 4 fully saturated rings. The van der Waals surface area contributed by atoms with Crippen LogP contribution in [-0.2, 0) is 32.0 Å². The zero-order valence-electron chi connectivity index (χ0n) is 34.8. The number of likely N-dealkylation sites (tertiary alicyclic amines) is 1. The summed E-state index contributed by atoms with van der Waals surface area (Å²) in [6.45, 7) is 2.88. The quantitative estimate of drug-likeness (QED) is 0.123. The minimum Gasteiger partial charge on any atom is -0.491 e. The standard InChI is InChI=1S/C45H43F3N8O8S/c46-36-16-37(47)35(45(48)11-13-54(25-45)65(49,62)63)15-33(36)40(59)34-19-55(41-32(34)2-1-12-50-41)28-5-3-27(4-6-28)53-23-44(24-53)21-52(22-44)18-29(57)20-64-30-7-8-31-26(14-30)17-56(43(31)61)38-9-10-39(58)51-42(38)60/h1-8,12,14-16,19,29,38,57H,9-11,13,17-18,20-25H2,(H2,49,62,63)(H,51,58,60)/t29-,38+,45?/m1/s1. The first kappa shape index (κ1) is 42.7. The number of β-amino-alcohol motifs (C(OH)–C–C–N with tert-alkyl or cyclic N) is 1. The van der Waals surface area contributed by atoms with Crippen LogP contribution < -0.4 is 20.1 Å². The molecular formula is C45H43F3N8O8S. The van der Waals surface area contributed by atoms with Gasteiger partial charge in [-0.1, -0.05) is 0 Å². The lowest BCUT2D eigenvalue weighted by atomic mass is 9.72. The molecule has 7 heterocycles. The Morgan fingerprint density at radius 3 is 2.45 bits per heavy atom. The Morgan fingerprint density at radius 1 is 0.969 bits per heavy atom. The maximum atomic E-state index is 16.1. The molecule has 16 nitrogen and oxygen atoms in total. The number of amides is 3. The van der Waals surface area contributed by atoms with Gasteiger partial charge < -0.3 is 24.2 Å². The normalized spacial score (nSPS) is 22.5. The summed E-state index contributed by atoms with van der Waals surface area (Å²) in [5.41, 5.74) is -0.347. The van der Waals surface area contributed by atoms with E-state index in [0.29, 0.717) is 45.0 Å². The van der Waals surface area contributed by atoms with Crippen LogP contribution in [0.15, 0.2) is 79.1 Å². The molecule has 2 aromatic heterocycles. The van der Waals surface area contributed by atoms with Crippen molar-refractivity contribution in [3.63, 3.8) is 0 Å². The molecule has 10 rings (SSSR count). The first-order chi connectivity index (χ1) is 31.0. The van der Waals surface area contributed by atoms with Gasteiger partial charge >= 0.3 is 0 Å². The van der Waals surface area contributed by atoms with E-state index in [1.165, 1.54) is 11.1 Å². The number of hydrogen-bond donors (Lipinski definition) is 3. The molecule has 4 N–H and O–H groups in total. The molecule has 4 saturated heterocycles. The van der Waals surface area contributed by atoms with Crippen LogP contribution in [0.25, 0.3) is 16.7 Å². The third-order valence-corrected chi connectivity index (χ3v) is 14.2. The van der Waals surface area contributed by atoms with Crippen molar-refractivity contribution in [3.05, 3.63) is 119 Å². The zero-order valence-corrected chi connectivity index (χ0v) is 35.6. The number of anilines is 1. The highest BCUT2D eigenvalue weighted by atomic mass is 32.2. The van der Waals surface area contributed by atoms with E-state index in [9.17, 15) is 32.7 Å². The first-order valence-corrected chi connectivity index (χ1v) is 22.6. The molecule has 5 aliphatic heterocycles. The average molecular weight is 913 g/mol. The van der Waals surface area contributed by atoms with Crippen LogP contribution in [0.1, 0.15) is 56.7 Å². The Balaban J connectivity index is 0.742. The number of benzene rings is 3. The van der Waals surface area contributed by atoms with Gasteiger partial charge in [-0.3, -0.25) is 29.4 Å². The fourth-order valence-corrected chi connectivity index (χ4v) is 10.7. The van der Waals surface area contributed by atoms with Crippen LogP contribution in [-0.4, -0.2) is 125 Å². The van der Waals surface area contributed by atoms with Gasteiger partial charge in [-0.2, -0.15) is 12.7 Å². The number of rotatable bonds is 12. The molecule has 5 aromatic rings. The number of carbonyl (C=O) groups excluding carboxylic acids is 4. The number of aliphatic hydroxyl groups excluding tert-OH is 1. The third kappa shape index (κ3) is 7.71. The highest BCUT2D eigenvalue weighted by Crippen LogP contribution is 2.43. The number of pyridine rings is 1. The number of alkyl halides is 1. The summed E-state index contributed by atoms with van der Waals surface area (Å²) >= 11 is 0. The lowest BCUT2D eigenvalue weighted by Crippen LogP contribution is -2.72. The predicted octanol–water partition coefficient (Wildman–Crippen LogP) is 2.93. The summed E-state index contributed by atoms with van der Waals surface area (Å²) in [5, 5.41) is 18.7. The van der Waals surface area contributed by atoms with Crippen molar-refractivity contribution in [2.24, 2.45) is 10.6 Å². The number of ether oxygens (including phenoxy) is 1. The zero-order chi connectivity index (χ0) is 45.6. The van der Waals surface area contributed by atoms with Gasteiger partial charge in [0.2, 0.25) is 11.8 Å². The summed E-state index contributed by atoms with van der Waals surface area (Å²) in [6.07, 6.45) is 2.33. The van der Waals surface area contributed by atoms with Gasteiger partial charge in [0.15, 0.2) is 11.5 Å². The van der Waals surface area contributed by atoms with Crippen molar-refractivity contribution in [1.82, 2.24) is 29.0 Å². The van der Waals surface area contributed by atoms with Crippen LogP contribution in [0.2, 0.25) is 0 Å². The summed E-state index contributed by atoms with van der Waals surface area (Å²) in [7, 11) is -4.26. The van der Waals surface area contributed by atoms with Gasteiger partial charge in [0.05, 0.1) is 17.7 Å². The lowest BCUT2D eigenvalue weighted by molar-refractivity contribution is -0.136. The molecule has 0 saturated carbocycles. The van der Waals surface area contributed by atoms with Crippen LogP contribution in [0, 0.1) is 17.0 Å². The number of nitrogens with two attached hydrogens (primary N) is 1. The third-order valence-electron chi connectivity index (χ3n) is 13.2. The number of carbonyl (C=O) groups is 4. The lowest BCUT2D eigenvalue weighted by Gasteiger charge is -2.61. The molecule has 65 heavy (non-hydrogen) atoms. The summed E-state index contributed by atoms with van der Waals surface area (Å²) in [6, 6.07) is 16.6. The molecule has 338 valence electrons. The molecule has 20 heteroatoms. The van der Waals surface area contributed by atoms with E-state index in [-0.39, 0.29) is 55.3 Å². The summed E-state index contributed by atoms with van der Waals surface area (Å²) in [5.74, 6) is -3.85. The van der Waals surface area contributed by atoms with E-state index in [0.717, 1.165) is 43.5 Å². The number of aromatic nitrogens is 2. The van der Waals surface area contributed by atoms with Crippen LogP contribution in [0.4, 0.5) is 18.9 Å². The first-order valence-electron chi connectivity index (χ1n) is 21.1. The molecule has 5 aliphatic rings. The Morgan fingerprint density at radius 2 is 1.72 bits per heavy atom. The van der Waals surface area contributed by atoms with Crippen molar-refractivity contribution in [2.45, 2.75) is 43.6 Å². The van der Waals surface area contributed by atoms with E-state index in [1.807, 2.05) is 24.3 Å². The maximum Gasteiger partial charge on any atom is 0.277 e. The topological polar surface area (TPSA) is 201 Å². The monoisotopic (exact) mass is 912 g/mol. The minimum atomic E-state index is -4.26. The van der Waals surface area contributed by atoms with Crippen molar-refractivity contribution >= 4 is 50.4 Å². The van der Waals surface area contributed by atoms with Crippen LogP contribution in [0.5, 0.6) is 5.75 Å². The Kier molecular flexibility index (Phi) is 10.4. The van der Waals surface area contributed by atoms with Gasteiger partial charge in [0, 0.05) is 110 Å². The molecule has 3 amide bonds. The summed E-state index contributed by atoms with van der Waals surface area (Å²) < 4.78 is 78.4. The molecule has 1 spiro atoms. The largest absolute Gasteiger partial charge is 0.491 e. The van der Waals surface area contributed by atoms with Gasteiger partial charge in [0.25, 0.3) is 16.1 Å². The average Bonchev–Trinajstić information content (AvgIpc) is 3.94. The SMILES string of the molecule is NS(=O)(=O)N1CCC(F)(c2cc(C(=O)c3cn(-c4ccc(N5CC6(CN(C[C@@H](O)COc7ccc8c(c7)CN([C@H]7CCC(=O)NC7=O)C8=O)C6)C5)cc4)c4ncccc34)c(F)cc2F)C1. The fraction of sp³-hybridized carbons (Fsp3) is 0.356. The second kappa shape index (κ2) is 15.8. The van der Waals surface area contributed by atoms with E-state index in [4.69, 9.17) is 9.88 Å². The number of nitrogens with zero attached hydrogens (tertiary/aromatic N) is 6. The van der Waals surface area contributed by atoms with Crippen molar-refractivity contribution in [1.29, 1.82) is 0 Å². The van der Waals surface area contributed by atoms with Gasteiger partial charge in [0.1, 0.15) is 41.8 Å². The Labute approximate surface area is 370 Å². The fourth-order valence-electron chi connectivity index (χ4n) is 10.0. The number of hydrogen-bond acceptors (Lipinski definition) is 11. The molecule has 0 radical (unpaired) electrons. The van der Waals surface area contributed by atoms with Crippen molar-refractivity contribution < 1.29 is 50.6 Å². The predicted molar refractivity (Wildman–Crippen MR) is 228 cm³/mol. The second-order valence-electron chi connectivity index (χ2n) is 17.7. The van der Waals surface area contributed by atoms with Crippen LogP contribution in [0.3, 0.4) is 0 Å². The van der Waals surface area contributed by atoms with E-state index < -0.39 is 75.4 Å². The van der Waals surface area contributed by atoms with E-state index in [2.05, 4.69) is 20.1 Å². The van der Waals surface area contributed by atoms with E-state index in [1.54, 1.807) is 41.1 Å². The number of aliphatic hydroxyl groups is 1. The minimum absolute atomic E-state index is 0.0519. The molecule has 1 unspecified atom stereocenters. The number of piperidine rings is 1. The molecule has 3 aromatic carbocycles. The number of imide groups is 1. The highest BCUT2D eigenvalue weighted by molar-refractivity contribution is 7.86. The number of fused-ring (bicyclic) bond motifs is 2. The number of nitrogens with one attached hydrogen (secondary N) is 1. The van der Waals surface area contributed by atoms with Gasteiger partial charge in [-0.05, 0) is 72.6 Å². The smallest absolute Gasteiger partial charge is 0.277 e. The molecule has 0 aliphatic carbocycles. The number of halogens is 3. The second-order valence-corrected chi connectivity index (χ2v) is 19.3. The Bertz CT molecular complexity index is 2920. The Hall–Kier alpha value is -6.19. The van der Waals surface area contributed by atoms with Crippen LogP contribution >= 0.6 is 0 Å². The summed E-state index contributed by atoms with van der Waals surface area (Å²) in [4.78, 5) is 61.3. The van der Waals surface area contributed by atoms with Gasteiger partial charge in [-0.15, -0.1) is 0 Å². The molecular weight excluding hydrogens is 870 g/mol. The molecule has 3 atom stereocenters. The van der Waals surface area contributed by atoms with Gasteiger partial charge in [-0.25, -0.2) is 23.3 Å². The molecule has 0 bridgehead atoms. The maximum absolute atomic E-state index is 16.1. The highest BCUT2D eigenvalue weighted by Gasteiger charge is 2.52. The van der Waals surface area contributed by atoms with E-state index >= 15 is 13.2 Å².